The first-order chi connectivity index (χ1) is 9.90. The van der Waals surface area contributed by atoms with Crippen LogP contribution in [0.15, 0.2) is 42.5 Å². The molecule has 21 heavy (non-hydrogen) atoms. The summed E-state index contributed by atoms with van der Waals surface area (Å²) >= 11 is 6.24. The standard InChI is InChI=1S/C17H19ClN2O/c1-19(2)13-7-5-12(6-8-13)17(21)15-10-9-14(20(3)4)11-16(15)18/h5-11H,1-4H3. The molecule has 0 heterocycles. The van der Waals surface area contributed by atoms with Gasteiger partial charge in [0.15, 0.2) is 5.78 Å². The van der Waals surface area contributed by atoms with Gasteiger partial charge in [-0.1, -0.05) is 11.6 Å². The van der Waals surface area contributed by atoms with Crippen molar-refractivity contribution in [1.29, 1.82) is 0 Å². The third-order valence-corrected chi connectivity index (χ3v) is 3.67. The van der Waals surface area contributed by atoms with Crippen LogP contribution in [-0.4, -0.2) is 34.0 Å². The Morgan fingerprint density at radius 3 is 1.86 bits per heavy atom. The Hall–Kier alpha value is -2.00. The Bertz CT molecular complexity index is 648. The van der Waals surface area contributed by atoms with Crippen molar-refractivity contribution in [3.05, 3.63) is 58.6 Å². The summed E-state index contributed by atoms with van der Waals surface area (Å²) in [6.07, 6.45) is 0. The first-order valence-electron chi connectivity index (χ1n) is 6.69. The minimum absolute atomic E-state index is 0.0596. The SMILES string of the molecule is CN(C)c1ccc(C(=O)c2ccc(N(C)C)cc2Cl)cc1. The zero-order chi connectivity index (χ0) is 15.6. The number of hydrogen-bond acceptors (Lipinski definition) is 3. The van der Waals surface area contributed by atoms with E-state index in [0.29, 0.717) is 16.1 Å². The lowest BCUT2D eigenvalue weighted by atomic mass is 10.0. The van der Waals surface area contributed by atoms with Crippen LogP contribution in [0.3, 0.4) is 0 Å². The summed E-state index contributed by atoms with van der Waals surface area (Å²) in [4.78, 5) is 16.5. The first-order valence-corrected chi connectivity index (χ1v) is 7.07. The Morgan fingerprint density at radius 1 is 0.857 bits per heavy atom. The molecule has 0 saturated heterocycles. The lowest BCUT2D eigenvalue weighted by Gasteiger charge is -2.14. The molecule has 0 atom stereocenters. The van der Waals surface area contributed by atoms with Gasteiger partial charge < -0.3 is 9.80 Å². The van der Waals surface area contributed by atoms with Crippen LogP contribution in [-0.2, 0) is 0 Å². The highest BCUT2D eigenvalue weighted by molar-refractivity contribution is 6.35. The smallest absolute Gasteiger partial charge is 0.194 e. The van der Waals surface area contributed by atoms with E-state index in [4.69, 9.17) is 11.6 Å². The van der Waals surface area contributed by atoms with Crippen molar-refractivity contribution in [3.8, 4) is 0 Å². The third kappa shape index (κ3) is 3.37. The molecule has 0 unspecified atom stereocenters. The Labute approximate surface area is 130 Å². The highest BCUT2D eigenvalue weighted by Crippen LogP contribution is 2.25. The van der Waals surface area contributed by atoms with E-state index >= 15 is 0 Å². The first kappa shape index (κ1) is 15.4. The molecule has 0 fully saturated rings. The van der Waals surface area contributed by atoms with Crippen molar-refractivity contribution in [2.45, 2.75) is 0 Å². The average molecular weight is 303 g/mol. The molecule has 0 radical (unpaired) electrons. The number of anilines is 2. The van der Waals surface area contributed by atoms with E-state index in [1.54, 1.807) is 6.07 Å². The molecular formula is C17H19ClN2O. The summed E-state index contributed by atoms with van der Waals surface area (Å²) in [7, 11) is 7.81. The average Bonchev–Trinajstić information content (AvgIpc) is 2.46. The van der Waals surface area contributed by atoms with E-state index in [2.05, 4.69) is 0 Å². The maximum Gasteiger partial charge on any atom is 0.194 e. The molecule has 0 saturated carbocycles. The zero-order valence-corrected chi connectivity index (χ0v) is 13.5. The summed E-state index contributed by atoms with van der Waals surface area (Å²) in [5.41, 5.74) is 3.19. The van der Waals surface area contributed by atoms with Gasteiger partial charge in [0.2, 0.25) is 0 Å². The molecule has 0 aliphatic heterocycles. The van der Waals surface area contributed by atoms with Gasteiger partial charge >= 0.3 is 0 Å². The van der Waals surface area contributed by atoms with Crippen molar-refractivity contribution < 1.29 is 4.79 Å². The predicted molar refractivity (Wildman–Crippen MR) is 90.0 cm³/mol. The Balaban J connectivity index is 2.31. The second kappa shape index (κ2) is 6.19. The number of rotatable bonds is 4. The van der Waals surface area contributed by atoms with E-state index in [1.165, 1.54) is 0 Å². The molecule has 0 N–H and O–H groups in total. The number of nitrogens with zero attached hydrogens (tertiary/aromatic N) is 2. The molecule has 2 aromatic rings. The molecular weight excluding hydrogens is 284 g/mol. The summed E-state index contributed by atoms with van der Waals surface area (Å²) in [5, 5.41) is 0.475. The highest BCUT2D eigenvalue weighted by atomic mass is 35.5. The Kier molecular flexibility index (Phi) is 4.53. The van der Waals surface area contributed by atoms with Crippen LogP contribution in [0.1, 0.15) is 15.9 Å². The van der Waals surface area contributed by atoms with Crippen molar-refractivity contribution in [2.24, 2.45) is 0 Å². The van der Waals surface area contributed by atoms with Crippen LogP contribution in [0.5, 0.6) is 0 Å². The van der Waals surface area contributed by atoms with Crippen LogP contribution in [0.2, 0.25) is 5.02 Å². The number of ketones is 1. The fourth-order valence-electron chi connectivity index (χ4n) is 2.03. The van der Waals surface area contributed by atoms with Crippen LogP contribution in [0.25, 0.3) is 0 Å². The summed E-state index contributed by atoms with van der Waals surface area (Å²) in [6.45, 7) is 0. The number of hydrogen-bond donors (Lipinski definition) is 0. The molecule has 0 aliphatic carbocycles. The van der Waals surface area contributed by atoms with Gasteiger partial charge in [0.1, 0.15) is 0 Å². The van der Waals surface area contributed by atoms with Gasteiger partial charge in [0.05, 0.1) is 5.02 Å². The van der Waals surface area contributed by atoms with Gasteiger partial charge in [-0.25, -0.2) is 0 Å². The van der Waals surface area contributed by atoms with Crippen LogP contribution >= 0.6 is 11.6 Å². The fraction of sp³-hybridized carbons (Fsp3) is 0.235. The molecule has 0 aliphatic rings. The van der Waals surface area contributed by atoms with Crippen LogP contribution in [0.4, 0.5) is 11.4 Å². The van der Waals surface area contributed by atoms with Crippen LogP contribution in [0, 0.1) is 0 Å². The maximum absolute atomic E-state index is 12.5. The molecule has 4 heteroatoms. The third-order valence-electron chi connectivity index (χ3n) is 3.36. The van der Waals surface area contributed by atoms with Crippen molar-refractivity contribution >= 4 is 28.8 Å². The lowest BCUT2D eigenvalue weighted by Crippen LogP contribution is -2.10. The van der Waals surface area contributed by atoms with Crippen molar-refractivity contribution in [1.82, 2.24) is 0 Å². The summed E-state index contributed by atoms with van der Waals surface area (Å²) < 4.78 is 0. The van der Waals surface area contributed by atoms with Gasteiger partial charge in [0.25, 0.3) is 0 Å². The molecule has 110 valence electrons. The Morgan fingerprint density at radius 2 is 1.38 bits per heavy atom. The molecule has 0 spiro atoms. The fourth-order valence-corrected chi connectivity index (χ4v) is 2.29. The molecule has 0 bridgehead atoms. The lowest BCUT2D eigenvalue weighted by molar-refractivity contribution is 0.103. The van der Waals surface area contributed by atoms with E-state index in [9.17, 15) is 4.79 Å². The monoisotopic (exact) mass is 302 g/mol. The van der Waals surface area contributed by atoms with Gasteiger partial charge in [-0.15, -0.1) is 0 Å². The molecule has 2 aromatic carbocycles. The minimum atomic E-state index is -0.0596. The second-order valence-corrected chi connectivity index (χ2v) is 5.74. The van der Waals surface area contributed by atoms with E-state index in [1.807, 2.05) is 74.4 Å². The summed E-state index contributed by atoms with van der Waals surface area (Å²) in [6, 6.07) is 13.0. The predicted octanol–water partition coefficient (Wildman–Crippen LogP) is 3.70. The largest absolute Gasteiger partial charge is 0.378 e. The van der Waals surface area contributed by atoms with E-state index in [-0.39, 0.29) is 5.78 Å². The van der Waals surface area contributed by atoms with Gasteiger partial charge in [0, 0.05) is 50.7 Å². The summed E-state index contributed by atoms with van der Waals surface area (Å²) in [5.74, 6) is -0.0596. The number of carbonyl (C=O) groups excluding carboxylic acids is 1. The van der Waals surface area contributed by atoms with Crippen molar-refractivity contribution in [2.75, 3.05) is 38.0 Å². The van der Waals surface area contributed by atoms with E-state index in [0.717, 1.165) is 11.4 Å². The number of benzene rings is 2. The second-order valence-electron chi connectivity index (χ2n) is 5.33. The number of carbonyl (C=O) groups is 1. The molecule has 0 aromatic heterocycles. The normalized spacial score (nSPS) is 10.3. The minimum Gasteiger partial charge on any atom is -0.378 e. The molecule has 2 rings (SSSR count). The molecule has 0 amide bonds. The number of halogens is 1. The maximum atomic E-state index is 12.5. The van der Waals surface area contributed by atoms with Crippen molar-refractivity contribution in [3.63, 3.8) is 0 Å². The van der Waals surface area contributed by atoms with Crippen LogP contribution < -0.4 is 9.80 Å². The highest BCUT2D eigenvalue weighted by Gasteiger charge is 2.14. The van der Waals surface area contributed by atoms with Gasteiger partial charge in [-0.2, -0.15) is 0 Å². The topological polar surface area (TPSA) is 23.6 Å². The van der Waals surface area contributed by atoms with Gasteiger partial charge in [-0.05, 0) is 42.5 Å². The van der Waals surface area contributed by atoms with Gasteiger partial charge in [-0.3, -0.25) is 4.79 Å². The zero-order valence-electron chi connectivity index (χ0n) is 12.7. The van der Waals surface area contributed by atoms with E-state index < -0.39 is 0 Å². The molecule has 3 nitrogen and oxygen atoms in total. The quantitative estimate of drug-likeness (QED) is 0.805.